The van der Waals surface area contributed by atoms with E-state index in [4.69, 9.17) is 16.3 Å². The molecule has 3 aromatic rings. The zero-order chi connectivity index (χ0) is 21.0. The molecule has 2 aromatic carbocycles. The van der Waals surface area contributed by atoms with E-state index in [1.54, 1.807) is 23.1 Å². The van der Waals surface area contributed by atoms with Crippen LogP contribution in [0.15, 0.2) is 41.2 Å². The van der Waals surface area contributed by atoms with Crippen molar-refractivity contribution in [2.24, 2.45) is 0 Å². The van der Waals surface area contributed by atoms with Gasteiger partial charge in [0.15, 0.2) is 6.61 Å². The largest absolute Gasteiger partial charge is 0.483 e. The van der Waals surface area contributed by atoms with Gasteiger partial charge in [-0.3, -0.25) is 9.59 Å². The Morgan fingerprint density at radius 2 is 2.00 bits per heavy atom. The molecule has 0 unspecified atom stereocenters. The van der Waals surface area contributed by atoms with Gasteiger partial charge in [-0.15, -0.1) is 0 Å². The number of ether oxygens (including phenoxy) is 1. The molecular weight excluding hydrogens is 390 g/mol. The lowest BCUT2D eigenvalue weighted by Crippen LogP contribution is -2.36. The summed E-state index contributed by atoms with van der Waals surface area (Å²) in [7, 11) is 0. The fourth-order valence-corrected chi connectivity index (χ4v) is 3.24. The van der Waals surface area contributed by atoms with Gasteiger partial charge >= 0.3 is 0 Å². The number of carbonyl (C=O) groups is 1. The Kier molecular flexibility index (Phi) is 6.54. The van der Waals surface area contributed by atoms with Crippen LogP contribution in [0.25, 0.3) is 10.9 Å². The van der Waals surface area contributed by atoms with Crippen molar-refractivity contribution in [1.82, 2.24) is 14.9 Å². The Morgan fingerprint density at radius 1 is 1.21 bits per heavy atom. The zero-order valence-corrected chi connectivity index (χ0v) is 17.5. The number of nitrogens with zero attached hydrogens (tertiary/aromatic N) is 2. The number of aryl methyl sites for hydroxylation is 2. The lowest BCUT2D eigenvalue weighted by molar-refractivity contribution is -0.134. The average molecular weight is 414 g/mol. The summed E-state index contributed by atoms with van der Waals surface area (Å²) in [6.07, 6.45) is 0.777. The summed E-state index contributed by atoms with van der Waals surface area (Å²) in [5, 5.41) is 0.967. The minimum Gasteiger partial charge on any atom is -0.483 e. The average Bonchev–Trinajstić information content (AvgIpc) is 2.67. The minimum atomic E-state index is -0.253. The molecule has 0 spiro atoms. The maximum atomic E-state index is 12.8. The molecule has 0 aliphatic heterocycles. The molecule has 6 nitrogen and oxygen atoms in total. The van der Waals surface area contributed by atoms with Gasteiger partial charge in [-0.05, 0) is 55.7 Å². The number of carbonyl (C=O) groups excluding carboxylic acids is 1. The van der Waals surface area contributed by atoms with Crippen LogP contribution in [0.3, 0.4) is 0 Å². The normalized spacial score (nSPS) is 10.9. The van der Waals surface area contributed by atoms with Crippen LogP contribution in [0.4, 0.5) is 0 Å². The molecule has 7 heteroatoms. The van der Waals surface area contributed by atoms with Crippen LogP contribution >= 0.6 is 11.6 Å². The van der Waals surface area contributed by atoms with Crippen LogP contribution in [0.2, 0.25) is 5.02 Å². The maximum Gasteiger partial charge on any atom is 0.260 e. The number of hydrogen-bond acceptors (Lipinski definition) is 4. The van der Waals surface area contributed by atoms with Crippen LogP contribution in [0.5, 0.6) is 5.75 Å². The van der Waals surface area contributed by atoms with Gasteiger partial charge in [-0.2, -0.15) is 0 Å². The highest BCUT2D eigenvalue weighted by Crippen LogP contribution is 2.19. The van der Waals surface area contributed by atoms with Crippen molar-refractivity contribution < 1.29 is 9.53 Å². The number of amides is 1. The summed E-state index contributed by atoms with van der Waals surface area (Å²) in [5.41, 5.74) is 2.30. The maximum absolute atomic E-state index is 12.8. The van der Waals surface area contributed by atoms with E-state index in [2.05, 4.69) is 9.97 Å². The second-order valence-electron chi connectivity index (χ2n) is 7.05. The monoisotopic (exact) mass is 413 g/mol. The molecule has 1 heterocycles. The second-order valence-corrected chi connectivity index (χ2v) is 7.48. The van der Waals surface area contributed by atoms with Crippen LogP contribution < -0.4 is 10.3 Å². The highest BCUT2D eigenvalue weighted by atomic mass is 35.5. The molecule has 0 aliphatic rings. The predicted octanol–water partition coefficient (Wildman–Crippen LogP) is 4.01. The topological polar surface area (TPSA) is 75.3 Å². The van der Waals surface area contributed by atoms with E-state index in [0.717, 1.165) is 17.5 Å². The third kappa shape index (κ3) is 5.15. The van der Waals surface area contributed by atoms with E-state index in [1.807, 2.05) is 39.0 Å². The van der Waals surface area contributed by atoms with Gasteiger partial charge in [0.05, 0.1) is 17.4 Å². The Labute approximate surface area is 174 Å². The second kappa shape index (κ2) is 9.09. The fourth-order valence-electron chi connectivity index (χ4n) is 3.07. The molecule has 0 saturated carbocycles. The van der Waals surface area contributed by atoms with Gasteiger partial charge in [0.25, 0.3) is 11.5 Å². The van der Waals surface area contributed by atoms with Crippen molar-refractivity contribution >= 4 is 28.4 Å². The van der Waals surface area contributed by atoms with Crippen LogP contribution in [-0.4, -0.2) is 33.9 Å². The van der Waals surface area contributed by atoms with Gasteiger partial charge in [0.2, 0.25) is 0 Å². The van der Waals surface area contributed by atoms with E-state index in [1.165, 1.54) is 0 Å². The number of aromatic nitrogens is 2. The van der Waals surface area contributed by atoms with Gasteiger partial charge in [0, 0.05) is 11.6 Å². The number of aromatic amines is 1. The minimum absolute atomic E-state index is 0.0755. The van der Waals surface area contributed by atoms with Crippen molar-refractivity contribution in [1.29, 1.82) is 0 Å². The third-order valence-electron chi connectivity index (χ3n) is 4.60. The number of hydrogen-bond donors (Lipinski definition) is 1. The Hall–Kier alpha value is -2.86. The van der Waals surface area contributed by atoms with Gasteiger partial charge in [0.1, 0.15) is 11.6 Å². The Morgan fingerprint density at radius 3 is 2.76 bits per heavy atom. The summed E-state index contributed by atoms with van der Waals surface area (Å²) in [6.45, 7) is 6.56. The molecule has 1 N–H and O–H groups in total. The molecule has 0 saturated heterocycles. The van der Waals surface area contributed by atoms with Gasteiger partial charge < -0.3 is 14.6 Å². The lowest BCUT2D eigenvalue weighted by atomic mass is 10.1. The van der Waals surface area contributed by atoms with E-state index in [0.29, 0.717) is 34.0 Å². The molecular formula is C22H24ClN3O3. The predicted molar refractivity (Wildman–Crippen MR) is 114 cm³/mol. The zero-order valence-electron chi connectivity index (χ0n) is 16.8. The molecule has 0 bridgehead atoms. The number of H-pyrrole nitrogens is 1. The summed E-state index contributed by atoms with van der Waals surface area (Å²) in [5.74, 6) is 0.946. The fraction of sp³-hybridized carbons (Fsp3) is 0.318. The third-order valence-corrected chi connectivity index (χ3v) is 4.83. The SMILES string of the molecule is CCCN(Cc1nc2cc(Cl)ccc2c(=O)[nH]1)C(=O)COc1cc(C)ccc1C. The molecule has 29 heavy (non-hydrogen) atoms. The summed E-state index contributed by atoms with van der Waals surface area (Å²) in [6, 6.07) is 10.8. The van der Waals surface area contributed by atoms with E-state index in [9.17, 15) is 9.59 Å². The molecule has 1 aromatic heterocycles. The van der Waals surface area contributed by atoms with E-state index < -0.39 is 0 Å². The first-order valence-corrected chi connectivity index (χ1v) is 9.91. The molecule has 0 fully saturated rings. The first-order valence-electron chi connectivity index (χ1n) is 9.53. The van der Waals surface area contributed by atoms with Crippen molar-refractivity contribution in [3.63, 3.8) is 0 Å². The van der Waals surface area contributed by atoms with Gasteiger partial charge in [-0.1, -0.05) is 30.7 Å². The highest BCUT2D eigenvalue weighted by Gasteiger charge is 2.16. The summed E-state index contributed by atoms with van der Waals surface area (Å²) in [4.78, 5) is 34.0. The quantitative estimate of drug-likeness (QED) is 0.635. The number of nitrogens with one attached hydrogen (secondary N) is 1. The molecule has 3 rings (SSSR count). The van der Waals surface area contributed by atoms with Crippen molar-refractivity contribution in [2.75, 3.05) is 13.2 Å². The molecule has 0 radical (unpaired) electrons. The molecule has 0 aliphatic carbocycles. The number of rotatable bonds is 7. The molecule has 1 amide bonds. The summed E-state index contributed by atoms with van der Waals surface area (Å²) >= 11 is 6.02. The van der Waals surface area contributed by atoms with Crippen molar-refractivity contribution in [3.8, 4) is 5.75 Å². The van der Waals surface area contributed by atoms with Crippen LogP contribution in [-0.2, 0) is 11.3 Å². The number of halogens is 1. The molecule has 0 atom stereocenters. The molecule has 152 valence electrons. The van der Waals surface area contributed by atoms with Crippen molar-refractivity contribution in [3.05, 3.63) is 68.7 Å². The lowest BCUT2D eigenvalue weighted by Gasteiger charge is -2.22. The summed E-state index contributed by atoms with van der Waals surface area (Å²) < 4.78 is 5.75. The Bertz CT molecular complexity index is 1090. The first kappa shape index (κ1) is 20.9. The Balaban J connectivity index is 1.77. The van der Waals surface area contributed by atoms with E-state index in [-0.39, 0.29) is 24.6 Å². The van der Waals surface area contributed by atoms with E-state index >= 15 is 0 Å². The smallest absolute Gasteiger partial charge is 0.260 e. The standard InChI is InChI=1S/C22H24ClN3O3/c1-4-9-26(21(27)13-29-19-10-14(2)5-6-15(19)3)12-20-24-18-11-16(23)7-8-17(18)22(28)25-20/h5-8,10-11H,4,9,12-13H2,1-3H3,(H,24,25,28). The highest BCUT2D eigenvalue weighted by molar-refractivity contribution is 6.31. The van der Waals surface area contributed by atoms with Gasteiger partial charge in [-0.25, -0.2) is 4.98 Å². The number of benzene rings is 2. The first-order chi connectivity index (χ1) is 13.9. The van der Waals surface area contributed by atoms with Crippen molar-refractivity contribution in [2.45, 2.75) is 33.7 Å². The van der Waals surface area contributed by atoms with Crippen LogP contribution in [0, 0.1) is 13.8 Å². The van der Waals surface area contributed by atoms with Crippen LogP contribution in [0.1, 0.15) is 30.3 Å². The number of fused-ring (bicyclic) bond motifs is 1.